The predicted molar refractivity (Wildman–Crippen MR) is 102 cm³/mol. The monoisotopic (exact) mass is 528 g/mol. The van der Waals surface area contributed by atoms with Crippen LogP contribution in [0.3, 0.4) is 0 Å². The van der Waals surface area contributed by atoms with Gasteiger partial charge in [-0.1, -0.05) is 23.2 Å². The van der Waals surface area contributed by atoms with Crippen LogP contribution in [0.25, 0.3) is 0 Å². The Labute approximate surface area is 170 Å². The minimum absolute atomic E-state index is 0.00803. The van der Waals surface area contributed by atoms with E-state index in [0.29, 0.717) is 12.1 Å². The smallest absolute Gasteiger partial charge is 0.306 e. The summed E-state index contributed by atoms with van der Waals surface area (Å²) in [5.74, 6) is 0. The summed E-state index contributed by atoms with van der Waals surface area (Å²) < 4.78 is 0.511. The predicted octanol–water partition coefficient (Wildman–Crippen LogP) is 5.99. The van der Waals surface area contributed by atoms with Crippen molar-refractivity contribution in [2.24, 2.45) is 0 Å². The highest BCUT2D eigenvalue weighted by Gasteiger charge is 2.31. The SMILES string of the molecule is O=[N+]([O-])c1cc([N+](=O)[O-])c(Nc2c(Br)cc(Cl)c(Br)c2Cl)c([N+](=O)[O-])c1. The van der Waals surface area contributed by atoms with Crippen molar-refractivity contribution in [3.05, 3.63) is 67.5 Å². The van der Waals surface area contributed by atoms with Crippen LogP contribution in [0.1, 0.15) is 0 Å². The van der Waals surface area contributed by atoms with Crippen molar-refractivity contribution < 1.29 is 14.8 Å². The summed E-state index contributed by atoms with van der Waals surface area (Å²) in [5, 5.41) is 36.2. The van der Waals surface area contributed by atoms with Crippen molar-refractivity contribution in [1.29, 1.82) is 0 Å². The van der Waals surface area contributed by atoms with Gasteiger partial charge in [0, 0.05) is 4.47 Å². The second-order valence-electron chi connectivity index (χ2n) is 4.60. The molecule has 0 aliphatic heterocycles. The summed E-state index contributed by atoms with van der Waals surface area (Å²) in [5.41, 5.74) is -3.04. The lowest BCUT2D eigenvalue weighted by atomic mass is 10.2. The van der Waals surface area contributed by atoms with Gasteiger partial charge in [-0.05, 0) is 37.9 Å². The molecule has 0 atom stereocenters. The molecule has 2 aromatic rings. The first-order valence-electron chi connectivity index (χ1n) is 6.25. The molecule has 2 aromatic carbocycles. The van der Waals surface area contributed by atoms with Gasteiger partial charge >= 0.3 is 11.4 Å². The topological polar surface area (TPSA) is 141 Å². The first-order valence-corrected chi connectivity index (χ1v) is 8.60. The highest BCUT2D eigenvalue weighted by molar-refractivity contribution is 9.11. The van der Waals surface area contributed by atoms with E-state index in [0.717, 1.165) is 0 Å². The molecule has 10 nitrogen and oxygen atoms in total. The van der Waals surface area contributed by atoms with Crippen LogP contribution in [0.4, 0.5) is 28.4 Å². The number of rotatable bonds is 5. The maximum Gasteiger partial charge on any atom is 0.306 e. The van der Waals surface area contributed by atoms with Crippen LogP contribution in [0.5, 0.6) is 0 Å². The Kier molecular flexibility index (Phi) is 6.01. The number of nitro groups is 3. The lowest BCUT2D eigenvalue weighted by Gasteiger charge is -2.13. The highest BCUT2D eigenvalue weighted by atomic mass is 79.9. The van der Waals surface area contributed by atoms with Gasteiger partial charge in [-0.2, -0.15) is 0 Å². The van der Waals surface area contributed by atoms with Gasteiger partial charge in [0.25, 0.3) is 5.69 Å². The fourth-order valence-electron chi connectivity index (χ4n) is 1.92. The zero-order valence-corrected chi connectivity index (χ0v) is 16.7. The zero-order valence-electron chi connectivity index (χ0n) is 12.0. The summed E-state index contributed by atoms with van der Waals surface area (Å²) in [6, 6.07) is 2.63. The Hall–Kier alpha value is -2.02. The molecule has 26 heavy (non-hydrogen) atoms. The summed E-state index contributed by atoms with van der Waals surface area (Å²) >= 11 is 18.3. The largest absolute Gasteiger partial charge is 0.342 e. The van der Waals surface area contributed by atoms with Crippen LogP contribution >= 0.6 is 55.1 Å². The molecule has 0 heterocycles. The van der Waals surface area contributed by atoms with E-state index < -0.39 is 37.5 Å². The van der Waals surface area contributed by atoms with Gasteiger partial charge in [-0.25, -0.2) is 0 Å². The maximum absolute atomic E-state index is 11.3. The van der Waals surface area contributed by atoms with Gasteiger partial charge in [0.2, 0.25) is 0 Å². The molecular formula is C12H4Br2Cl2N4O6. The lowest BCUT2D eigenvalue weighted by molar-refractivity contribution is -0.401. The molecule has 2 rings (SSSR count). The van der Waals surface area contributed by atoms with E-state index in [1.807, 2.05) is 0 Å². The van der Waals surface area contributed by atoms with Gasteiger partial charge < -0.3 is 5.32 Å². The number of benzene rings is 2. The molecule has 1 N–H and O–H groups in total. The standard InChI is InChI=1S/C12H4Br2Cl2N4O6/c13-5-3-6(15)9(14)10(16)11(5)17-12-7(19(23)24)1-4(18(21)22)2-8(12)20(25)26/h1-3,17H. The fourth-order valence-corrected chi connectivity index (χ4v) is 3.51. The molecule has 0 fully saturated rings. The van der Waals surface area contributed by atoms with Crippen LogP contribution in [-0.2, 0) is 0 Å². The summed E-state index contributed by atoms with van der Waals surface area (Å²) in [6.45, 7) is 0. The fraction of sp³-hybridized carbons (Fsp3) is 0. The Morgan fingerprint density at radius 3 is 1.77 bits per heavy atom. The Morgan fingerprint density at radius 1 is 0.846 bits per heavy atom. The molecule has 0 amide bonds. The molecule has 0 radical (unpaired) electrons. The van der Waals surface area contributed by atoms with E-state index in [9.17, 15) is 30.3 Å². The van der Waals surface area contributed by atoms with Crippen molar-refractivity contribution in [3.8, 4) is 0 Å². The van der Waals surface area contributed by atoms with Crippen molar-refractivity contribution in [2.45, 2.75) is 0 Å². The first-order chi connectivity index (χ1) is 12.0. The van der Waals surface area contributed by atoms with Crippen molar-refractivity contribution in [3.63, 3.8) is 0 Å². The molecular weight excluding hydrogens is 527 g/mol. The number of hydrogen-bond acceptors (Lipinski definition) is 7. The van der Waals surface area contributed by atoms with E-state index in [1.54, 1.807) is 0 Å². The molecule has 0 aliphatic carbocycles. The molecule has 136 valence electrons. The van der Waals surface area contributed by atoms with Crippen LogP contribution in [0, 0.1) is 30.3 Å². The number of anilines is 2. The van der Waals surface area contributed by atoms with Gasteiger partial charge in [0.05, 0.1) is 47.1 Å². The number of non-ortho nitro benzene ring substituents is 1. The summed E-state index contributed by atoms with van der Waals surface area (Å²) in [6.07, 6.45) is 0. The number of nitrogens with one attached hydrogen (secondary N) is 1. The molecule has 0 unspecified atom stereocenters. The molecule has 0 spiro atoms. The van der Waals surface area contributed by atoms with Crippen molar-refractivity contribution in [1.82, 2.24) is 0 Å². The summed E-state index contributed by atoms with van der Waals surface area (Å²) in [7, 11) is 0. The third kappa shape index (κ3) is 3.87. The van der Waals surface area contributed by atoms with E-state index in [4.69, 9.17) is 23.2 Å². The van der Waals surface area contributed by atoms with Crippen LogP contribution < -0.4 is 5.32 Å². The molecule has 14 heteroatoms. The van der Waals surface area contributed by atoms with Gasteiger partial charge in [0.15, 0.2) is 5.69 Å². The average molecular weight is 531 g/mol. The van der Waals surface area contributed by atoms with E-state index in [2.05, 4.69) is 37.2 Å². The Balaban J connectivity index is 2.78. The number of nitro benzene ring substituents is 3. The van der Waals surface area contributed by atoms with E-state index >= 15 is 0 Å². The minimum atomic E-state index is -0.977. The second kappa shape index (κ2) is 7.70. The van der Waals surface area contributed by atoms with Crippen molar-refractivity contribution in [2.75, 3.05) is 5.32 Å². The van der Waals surface area contributed by atoms with E-state index in [1.165, 1.54) is 6.07 Å². The third-order valence-corrected chi connectivity index (χ3v) is 5.63. The Bertz CT molecular complexity index is 936. The average Bonchev–Trinajstić information content (AvgIpc) is 2.55. The maximum atomic E-state index is 11.3. The normalized spacial score (nSPS) is 10.5. The number of hydrogen-bond donors (Lipinski definition) is 1. The van der Waals surface area contributed by atoms with Crippen LogP contribution in [0.15, 0.2) is 27.1 Å². The van der Waals surface area contributed by atoms with Crippen molar-refractivity contribution >= 4 is 83.5 Å². The van der Waals surface area contributed by atoms with E-state index in [-0.39, 0.29) is 24.7 Å². The van der Waals surface area contributed by atoms with Gasteiger partial charge in [-0.15, -0.1) is 0 Å². The first kappa shape index (κ1) is 20.3. The van der Waals surface area contributed by atoms with Gasteiger partial charge in [-0.3, -0.25) is 30.3 Å². The third-order valence-electron chi connectivity index (χ3n) is 3.05. The highest BCUT2D eigenvalue weighted by Crippen LogP contribution is 2.46. The second-order valence-corrected chi connectivity index (χ2v) is 7.03. The zero-order chi connectivity index (χ0) is 19.8. The molecule has 0 aliphatic rings. The molecule has 0 saturated carbocycles. The molecule has 0 aromatic heterocycles. The lowest BCUT2D eigenvalue weighted by Crippen LogP contribution is -2.04. The van der Waals surface area contributed by atoms with Crippen LogP contribution in [-0.4, -0.2) is 14.8 Å². The number of nitrogens with zero attached hydrogens (tertiary/aromatic N) is 3. The molecule has 0 bridgehead atoms. The number of halogens is 4. The Morgan fingerprint density at radius 2 is 1.35 bits per heavy atom. The quantitative estimate of drug-likeness (QED) is 0.216. The molecule has 0 saturated heterocycles. The minimum Gasteiger partial charge on any atom is -0.342 e. The summed E-state index contributed by atoms with van der Waals surface area (Å²) in [4.78, 5) is 30.6. The van der Waals surface area contributed by atoms with Gasteiger partial charge in [0.1, 0.15) is 0 Å². The van der Waals surface area contributed by atoms with Crippen LogP contribution in [0.2, 0.25) is 10.0 Å².